The minimum atomic E-state index is -2.30. The van der Waals surface area contributed by atoms with Gasteiger partial charge in [0.25, 0.3) is 0 Å². The van der Waals surface area contributed by atoms with Crippen LogP contribution in [0.25, 0.3) is 0 Å². The number of aromatic nitrogens is 2. The molecule has 0 fully saturated rings. The van der Waals surface area contributed by atoms with Crippen molar-refractivity contribution in [1.29, 1.82) is 0 Å². The molecule has 2 rings (SSSR count). The second-order valence-electron chi connectivity index (χ2n) is 3.97. The second kappa shape index (κ2) is 5.76. The van der Waals surface area contributed by atoms with Gasteiger partial charge in [-0.1, -0.05) is 11.8 Å². The molecule has 1 unspecified atom stereocenters. The van der Waals surface area contributed by atoms with Gasteiger partial charge >= 0.3 is 11.4 Å². The largest absolute Gasteiger partial charge is 0.383 e. The molecule has 0 bridgehead atoms. The van der Waals surface area contributed by atoms with Crippen LogP contribution in [0.5, 0.6) is 0 Å². The van der Waals surface area contributed by atoms with Gasteiger partial charge < -0.3 is 14.8 Å². The van der Waals surface area contributed by atoms with Crippen LogP contribution < -0.4 is 5.73 Å². The zero-order valence-electron chi connectivity index (χ0n) is 10.5. The first-order valence-electron chi connectivity index (χ1n) is 5.43. The van der Waals surface area contributed by atoms with E-state index in [0.717, 1.165) is 11.3 Å². The summed E-state index contributed by atoms with van der Waals surface area (Å²) in [5.41, 5.74) is 7.45. The standard InChI is InChI=1S/C10H14N4O3S2/c1-6-10(17-19(15)16)18-5-14(6)4-8-3-12-7(2)13-9(8)11/h3H,4-5H2,1-2H3,(H,15,16)(H2,11,12,13). The molecule has 0 radical (unpaired) electrons. The van der Waals surface area contributed by atoms with Gasteiger partial charge in [-0.15, -0.1) is 0 Å². The topological polar surface area (TPSA) is 102 Å². The van der Waals surface area contributed by atoms with Gasteiger partial charge in [0.1, 0.15) is 11.6 Å². The lowest BCUT2D eigenvalue weighted by atomic mass is 10.3. The Bertz CT molecular complexity index is 550. The number of hydrogen-bond acceptors (Lipinski definition) is 7. The van der Waals surface area contributed by atoms with Crippen molar-refractivity contribution in [3.63, 3.8) is 0 Å². The molecule has 0 saturated heterocycles. The Balaban J connectivity index is 2.12. The molecule has 0 aromatic carbocycles. The maximum absolute atomic E-state index is 10.6. The molecule has 1 aliphatic heterocycles. The Kier molecular flexibility index (Phi) is 4.27. The van der Waals surface area contributed by atoms with Crippen molar-refractivity contribution < 1.29 is 12.9 Å². The van der Waals surface area contributed by atoms with E-state index in [1.54, 1.807) is 13.1 Å². The van der Waals surface area contributed by atoms with Crippen LogP contribution in [0.15, 0.2) is 17.0 Å². The fourth-order valence-electron chi connectivity index (χ4n) is 1.62. The number of nitrogen functional groups attached to an aromatic ring is 1. The van der Waals surface area contributed by atoms with Gasteiger partial charge in [-0.25, -0.2) is 9.97 Å². The lowest BCUT2D eigenvalue weighted by molar-refractivity contribution is 0.369. The molecule has 19 heavy (non-hydrogen) atoms. The zero-order chi connectivity index (χ0) is 14.0. The number of thioether (sulfide) groups is 1. The van der Waals surface area contributed by atoms with E-state index in [-0.39, 0.29) is 0 Å². The van der Waals surface area contributed by atoms with E-state index in [2.05, 4.69) is 9.97 Å². The molecule has 2 heterocycles. The Morgan fingerprint density at radius 2 is 2.37 bits per heavy atom. The van der Waals surface area contributed by atoms with Crippen LogP contribution >= 0.6 is 11.8 Å². The summed E-state index contributed by atoms with van der Waals surface area (Å²) in [4.78, 5) is 10.2. The van der Waals surface area contributed by atoms with E-state index in [9.17, 15) is 4.21 Å². The summed E-state index contributed by atoms with van der Waals surface area (Å²) >= 11 is -0.936. The smallest absolute Gasteiger partial charge is 0.358 e. The van der Waals surface area contributed by atoms with Crippen LogP contribution in [0.1, 0.15) is 18.3 Å². The van der Waals surface area contributed by atoms with Gasteiger partial charge in [-0.2, -0.15) is 4.21 Å². The number of anilines is 1. The summed E-state index contributed by atoms with van der Waals surface area (Å²) in [7, 11) is 0. The predicted molar refractivity (Wildman–Crippen MR) is 73.7 cm³/mol. The molecule has 0 amide bonds. The fourth-order valence-corrected chi connectivity index (χ4v) is 3.13. The van der Waals surface area contributed by atoms with E-state index < -0.39 is 11.4 Å². The molecule has 0 saturated carbocycles. The molecular weight excluding hydrogens is 288 g/mol. The quantitative estimate of drug-likeness (QED) is 0.800. The van der Waals surface area contributed by atoms with E-state index in [1.807, 2.05) is 11.8 Å². The molecule has 1 aromatic rings. The molecule has 104 valence electrons. The van der Waals surface area contributed by atoms with E-state index in [1.165, 1.54) is 11.8 Å². The Hall–Kier alpha value is -1.32. The van der Waals surface area contributed by atoms with E-state index in [4.69, 9.17) is 14.5 Å². The SMILES string of the molecule is CC1=C(OS(=O)O)SCN1Cc1cnc(C)nc1N. The highest BCUT2D eigenvalue weighted by Crippen LogP contribution is 2.34. The third-order valence-electron chi connectivity index (χ3n) is 2.65. The van der Waals surface area contributed by atoms with Crippen molar-refractivity contribution in [1.82, 2.24) is 14.9 Å². The molecular formula is C10H14N4O3S2. The fraction of sp³-hybridized carbons (Fsp3) is 0.400. The normalized spacial score (nSPS) is 16.9. The summed E-state index contributed by atoms with van der Waals surface area (Å²) in [6, 6.07) is 0. The highest BCUT2D eigenvalue weighted by Gasteiger charge is 2.23. The lowest BCUT2D eigenvalue weighted by Crippen LogP contribution is -2.18. The molecule has 9 heteroatoms. The average molecular weight is 302 g/mol. The summed E-state index contributed by atoms with van der Waals surface area (Å²) in [5, 5.41) is 0.451. The first-order chi connectivity index (χ1) is 8.97. The van der Waals surface area contributed by atoms with Crippen molar-refractivity contribution in [2.75, 3.05) is 11.6 Å². The molecule has 1 atom stereocenters. The minimum absolute atomic E-state index is 0.449. The van der Waals surface area contributed by atoms with Crippen molar-refractivity contribution in [2.24, 2.45) is 0 Å². The monoisotopic (exact) mass is 302 g/mol. The van der Waals surface area contributed by atoms with Crippen LogP contribution in [-0.2, 0) is 22.1 Å². The maximum atomic E-state index is 10.6. The van der Waals surface area contributed by atoms with Gasteiger partial charge in [0.15, 0.2) is 5.09 Å². The van der Waals surface area contributed by atoms with Gasteiger partial charge in [0.05, 0.1) is 11.6 Å². The number of nitrogens with zero attached hydrogens (tertiary/aromatic N) is 3. The number of nitrogens with two attached hydrogens (primary N) is 1. The molecule has 0 spiro atoms. The molecule has 7 nitrogen and oxygen atoms in total. The highest BCUT2D eigenvalue weighted by atomic mass is 32.2. The predicted octanol–water partition coefficient (Wildman–Crippen LogP) is 1.22. The summed E-state index contributed by atoms with van der Waals surface area (Å²) < 4.78 is 24.2. The van der Waals surface area contributed by atoms with E-state index >= 15 is 0 Å². The summed E-state index contributed by atoms with van der Waals surface area (Å²) in [6.45, 7) is 4.14. The van der Waals surface area contributed by atoms with Gasteiger partial charge in [-0.3, -0.25) is 4.55 Å². The van der Waals surface area contributed by atoms with Crippen LogP contribution in [0.3, 0.4) is 0 Å². The maximum Gasteiger partial charge on any atom is 0.358 e. The number of aryl methyl sites for hydroxylation is 1. The Labute approximate surface area is 117 Å². The highest BCUT2D eigenvalue weighted by molar-refractivity contribution is 8.03. The van der Waals surface area contributed by atoms with Crippen molar-refractivity contribution in [3.05, 3.63) is 28.4 Å². The van der Waals surface area contributed by atoms with Crippen molar-refractivity contribution in [3.8, 4) is 0 Å². The van der Waals surface area contributed by atoms with Gasteiger partial charge in [0, 0.05) is 18.3 Å². The van der Waals surface area contributed by atoms with Crippen LogP contribution in [0, 0.1) is 6.92 Å². The third kappa shape index (κ3) is 3.37. The van der Waals surface area contributed by atoms with Crippen molar-refractivity contribution in [2.45, 2.75) is 20.4 Å². The molecule has 0 aliphatic carbocycles. The van der Waals surface area contributed by atoms with Gasteiger partial charge in [-0.05, 0) is 13.8 Å². The average Bonchev–Trinajstić information content (AvgIpc) is 2.64. The molecule has 1 aliphatic rings. The second-order valence-corrected chi connectivity index (χ2v) is 5.49. The molecule has 3 N–H and O–H groups in total. The van der Waals surface area contributed by atoms with E-state index in [0.29, 0.717) is 29.2 Å². The zero-order valence-corrected chi connectivity index (χ0v) is 12.1. The lowest BCUT2D eigenvalue weighted by Gasteiger charge is -2.19. The first kappa shape index (κ1) is 14.1. The number of allylic oxidation sites excluding steroid dienone is 1. The summed E-state index contributed by atoms with van der Waals surface area (Å²) in [5.74, 6) is 1.71. The van der Waals surface area contributed by atoms with Gasteiger partial charge in [0.2, 0.25) is 0 Å². The molecule has 1 aromatic heterocycles. The van der Waals surface area contributed by atoms with Crippen molar-refractivity contribution >= 4 is 28.9 Å². The van der Waals surface area contributed by atoms with Crippen LogP contribution in [-0.4, -0.2) is 29.5 Å². The Morgan fingerprint density at radius 3 is 3.00 bits per heavy atom. The number of hydrogen-bond donors (Lipinski definition) is 2. The summed E-state index contributed by atoms with van der Waals surface area (Å²) in [6.07, 6.45) is 1.69. The third-order valence-corrected chi connectivity index (χ3v) is 4.14. The minimum Gasteiger partial charge on any atom is -0.383 e. The Morgan fingerprint density at radius 1 is 1.63 bits per heavy atom. The van der Waals surface area contributed by atoms with Crippen LogP contribution in [0.2, 0.25) is 0 Å². The first-order valence-corrected chi connectivity index (χ1v) is 7.45. The van der Waals surface area contributed by atoms with Crippen LogP contribution in [0.4, 0.5) is 5.82 Å². The number of rotatable bonds is 4.